The van der Waals surface area contributed by atoms with Crippen LogP contribution < -0.4 is 4.74 Å². The summed E-state index contributed by atoms with van der Waals surface area (Å²) in [4.78, 5) is 15.1. The normalized spacial score (nSPS) is 28.5. The van der Waals surface area contributed by atoms with Crippen LogP contribution in [0, 0.1) is 12.8 Å². The standard InChI is InChI=1S/C24H33NO3/c1-17-15-19(9-10-21(17)27-3)24-12-11-20(16-22(24)25(2)14-13-24)28-23(26)18-7-5-4-6-8-18/h9-11,15,18,22H,4-8,12-14,16H2,1-3H3. The van der Waals surface area contributed by atoms with Gasteiger partial charge in [-0.05, 0) is 69.5 Å². The molecular weight excluding hydrogens is 350 g/mol. The van der Waals surface area contributed by atoms with E-state index >= 15 is 0 Å². The molecule has 1 saturated heterocycles. The zero-order valence-electron chi connectivity index (χ0n) is 17.5. The van der Waals surface area contributed by atoms with E-state index in [1.165, 1.54) is 17.5 Å². The Labute approximate surface area is 168 Å². The number of benzene rings is 1. The largest absolute Gasteiger partial charge is 0.496 e. The number of fused-ring (bicyclic) bond motifs is 1. The highest BCUT2D eigenvalue weighted by Crippen LogP contribution is 2.48. The summed E-state index contributed by atoms with van der Waals surface area (Å²) in [6.07, 6.45) is 10.6. The summed E-state index contributed by atoms with van der Waals surface area (Å²) >= 11 is 0. The minimum atomic E-state index is -0.000563. The van der Waals surface area contributed by atoms with E-state index in [4.69, 9.17) is 9.47 Å². The Morgan fingerprint density at radius 3 is 2.71 bits per heavy atom. The molecule has 0 radical (unpaired) electrons. The number of allylic oxidation sites excluding steroid dienone is 1. The van der Waals surface area contributed by atoms with Gasteiger partial charge in [-0.25, -0.2) is 0 Å². The minimum Gasteiger partial charge on any atom is -0.496 e. The minimum absolute atomic E-state index is 0.000563. The molecule has 1 aromatic rings. The molecule has 4 heteroatoms. The molecule has 4 nitrogen and oxygen atoms in total. The number of likely N-dealkylation sites (N-methyl/N-ethyl adjacent to an activating group) is 1. The number of hydrogen-bond donors (Lipinski definition) is 0. The van der Waals surface area contributed by atoms with Crippen molar-refractivity contribution in [2.75, 3.05) is 20.7 Å². The van der Waals surface area contributed by atoms with Gasteiger partial charge in [0.25, 0.3) is 0 Å². The van der Waals surface area contributed by atoms with Crippen LogP contribution in [0.2, 0.25) is 0 Å². The van der Waals surface area contributed by atoms with Gasteiger partial charge < -0.3 is 14.4 Å². The maximum absolute atomic E-state index is 12.6. The summed E-state index contributed by atoms with van der Waals surface area (Å²) in [7, 11) is 3.93. The molecule has 2 unspecified atom stereocenters. The number of hydrogen-bond acceptors (Lipinski definition) is 4. The van der Waals surface area contributed by atoms with Gasteiger partial charge in [0.05, 0.1) is 13.0 Å². The first-order valence-electron chi connectivity index (χ1n) is 10.8. The van der Waals surface area contributed by atoms with Crippen LogP contribution in [0.4, 0.5) is 0 Å². The second-order valence-electron chi connectivity index (χ2n) is 8.92. The van der Waals surface area contributed by atoms with Crippen molar-refractivity contribution in [1.29, 1.82) is 0 Å². The lowest BCUT2D eigenvalue weighted by Crippen LogP contribution is -2.43. The van der Waals surface area contributed by atoms with Gasteiger partial charge in [-0.15, -0.1) is 0 Å². The Balaban J connectivity index is 1.55. The molecule has 28 heavy (non-hydrogen) atoms. The molecule has 0 amide bonds. The molecular formula is C24H33NO3. The quantitative estimate of drug-likeness (QED) is 0.704. The summed E-state index contributed by atoms with van der Waals surface area (Å²) in [5.74, 6) is 1.93. The summed E-state index contributed by atoms with van der Waals surface area (Å²) in [6, 6.07) is 6.99. The number of esters is 1. The van der Waals surface area contributed by atoms with Crippen molar-refractivity contribution in [1.82, 2.24) is 4.90 Å². The van der Waals surface area contributed by atoms with Crippen molar-refractivity contribution >= 4 is 5.97 Å². The van der Waals surface area contributed by atoms with Gasteiger partial charge in [0.1, 0.15) is 11.5 Å². The van der Waals surface area contributed by atoms with Crippen LogP contribution >= 0.6 is 0 Å². The smallest absolute Gasteiger partial charge is 0.313 e. The molecule has 1 heterocycles. The van der Waals surface area contributed by atoms with E-state index in [9.17, 15) is 4.79 Å². The molecule has 0 aromatic heterocycles. The van der Waals surface area contributed by atoms with Crippen molar-refractivity contribution in [3.05, 3.63) is 41.2 Å². The molecule has 0 N–H and O–H groups in total. The first kappa shape index (κ1) is 19.5. The number of likely N-dealkylation sites (tertiary alicyclic amines) is 1. The Hall–Kier alpha value is -1.81. The fourth-order valence-corrected chi connectivity index (χ4v) is 5.56. The van der Waals surface area contributed by atoms with Crippen LogP contribution in [0.3, 0.4) is 0 Å². The van der Waals surface area contributed by atoms with Crippen molar-refractivity contribution in [3.63, 3.8) is 0 Å². The lowest BCUT2D eigenvalue weighted by atomic mass is 9.68. The molecule has 1 aliphatic heterocycles. The monoisotopic (exact) mass is 383 g/mol. The highest BCUT2D eigenvalue weighted by Gasteiger charge is 2.49. The maximum Gasteiger partial charge on any atom is 0.313 e. The van der Waals surface area contributed by atoms with Gasteiger partial charge in [-0.2, -0.15) is 0 Å². The highest BCUT2D eigenvalue weighted by atomic mass is 16.5. The van der Waals surface area contributed by atoms with E-state index in [0.717, 1.165) is 63.0 Å². The van der Waals surface area contributed by atoms with Crippen molar-refractivity contribution in [3.8, 4) is 5.75 Å². The van der Waals surface area contributed by atoms with Crippen LogP contribution in [0.25, 0.3) is 0 Å². The first-order chi connectivity index (χ1) is 13.5. The van der Waals surface area contributed by atoms with Crippen molar-refractivity contribution < 1.29 is 14.3 Å². The summed E-state index contributed by atoms with van der Waals surface area (Å²) in [6.45, 7) is 3.19. The second-order valence-corrected chi connectivity index (χ2v) is 8.92. The number of rotatable bonds is 4. The zero-order chi connectivity index (χ0) is 19.7. The molecule has 2 fully saturated rings. The zero-order valence-corrected chi connectivity index (χ0v) is 17.5. The van der Waals surface area contributed by atoms with Crippen LogP contribution in [0.5, 0.6) is 5.75 Å². The summed E-state index contributed by atoms with van der Waals surface area (Å²) in [5.41, 5.74) is 2.67. The van der Waals surface area contributed by atoms with E-state index in [1.807, 2.05) is 0 Å². The van der Waals surface area contributed by atoms with Gasteiger partial charge in [0.15, 0.2) is 0 Å². The molecule has 152 valence electrons. The van der Waals surface area contributed by atoms with Crippen molar-refractivity contribution in [2.24, 2.45) is 5.92 Å². The third-order valence-electron chi connectivity index (χ3n) is 7.31. The fraction of sp³-hybridized carbons (Fsp3) is 0.625. The number of methoxy groups -OCH3 is 1. The van der Waals surface area contributed by atoms with Crippen LogP contribution in [-0.2, 0) is 14.9 Å². The fourth-order valence-electron chi connectivity index (χ4n) is 5.56. The molecule has 4 rings (SSSR count). The van der Waals surface area contributed by atoms with E-state index in [2.05, 4.69) is 43.1 Å². The van der Waals surface area contributed by atoms with E-state index < -0.39 is 0 Å². The average Bonchev–Trinajstić information content (AvgIpc) is 3.06. The molecule has 3 aliphatic rings. The van der Waals surface area contributed by atoms with Gasteiger partial charge in [0.2, 0.25) is 0 Å². The topological polar surface area (TPSA) is 38.8 Å². The van der Waals surface area contributed by atoms with E-state index in [-0.39, 0.29) is 17.3 Å². The Morgan fingerprint density at radius 1 is 1.21 bits per heavy atom. The number of aryl methyl sites for hydroxylation is 1. The number of ether oxygens (including phenoxy) is 2. The number of carbonyl (C=O) groups is 1. The predicted molar refractivity (Wildman–Crippen MR) is 110 cm³/mol. The van der Waals surface area contributed by atoms with Crippen molar-refractivity contribution in [2.45, 2.75) is 69.7 Å². The average molecular weight is 384 g/mol. The Kier molecular flexibility index (Phi) is 5.50. The summed E-state index contributed by atoms with van der Waals surface area (Å²) < 4.78 is 11.4. The van der Waals surface area contributed by atoms with Gasteiger partial charge in [-0.3, -0.25) is 4.79 Å². The molecule has 1 saturated carbocycles. The third kappa shape index (κ3) is 3.47. The molecule has 0 bridgehead atoms. The first-order valence-corrected chi connectivity index (χ1v) is 10.8. The van der Waals surface area contributed by atoms with Crippen LogP contribution in [0.15, 0.2) is 30.0 Å². The lowest BCUT2D eigenvalue weighted by Gasteiger charge is -2.41. The maximum atomic E-state index is 12.6. The Bertz CT molecular complexity index is 765. The van der Waals surface area contributed by atoms with E-state index in [0.29, 0.717) is 6.04 Å². The molecule has 2 atom stereocenters. The SMILES string of the molecule is COc1ccc(C23CC=C(OC(=O)C4CCCCC4)CC2N(C)CC3)cc1C. The molecule has 1 aromatic carbocycles. The molecule has 0 spiro atoms. The van der Waals surface area contributed by atoms with Crippen LogP contribution in [0.1, 0.15) is 62.5 Å². The van der Waals surface area contributed by atoms with Gasteiger partial charge in [0, 0.05) is 17.9 Å². The second kappa shape index (κ2) is 7.90. The van der Waals surface area contributed by atoms with Crippen LogP contribution in [-0.4, -0.2) is 37.6 Å². The van der Waals surface area contributed by atoms with E-state index in [1.54, 1.807) is 7.11 Å². The number of nitrogens with zero attached hydrogens (tertiary/aromatic N) is 1. The Morgan fingerprint density at radius 2 is 2.00 bits per heavy atom. The predicted octanol–water partition coefficient (Wildman–Crippen LogP) is 4.75. The van der Waals surface area contributed by atoms with Gasteiger partial charge in [-0.1, -0.05) is 31.4 Å². The third-order valence-corrected chi connectivity index (χ3v) is 7.31. The molecule has 2 aliphatic carbocycles. The number of carbonyl (C=O) groups excluding carboxylic acids is 1. The highest BCUT2D eigenvalue weighted by molar-refractivity contribution is 5.73. The lowest BCUT2D eigenvalue weighted by molar-refractivity contribution is -0.146. The van der Waals surface area contributed by atoms with Gasteiger partial charge >= 0.3 is 5.97 Å². The summed E-state index contributed by atoms with van der Waals surface area (Å²) in [5, 5.41) is 0.